The Balaban J connectivity index is 2.30. The van der Waals surface area contributed by atoms with Crippen LogP contribution in [0.1, 0.15) is 39.5 Å². The third kappa shape index (κ3) is 2.67. The van der Waals surface area contributed by atoms with Gasteiger partial charge in [-0.1, -0.05) is 19.9 Å². The molecular formula is C15H22O4. The van der Waals surface area contributed by atoms with E-state index in [1.807, 2.05) is 6.08 Å². The zero-order valence-electron chi connectivity index (χ0n) is 11.5. The molecule has 106 valence electrons. The highest BCUT2D eigenvalue weighted by atomic mass is 16.4. The molecule has 0 aromatic heterocycles. The van der Waals surface area contributed by atoms with E-state index in [1.165, 1.54) is 0 Å². The van der Waals surface area contributed by atoms with Gasteiger partial charge in [-0.2, -0.15) is 0 Å². The van der Waals surface area contributed by atoms with Gasteiger partial charge in [-0.15, -0.1) is 0 Å². The molecule has 4 unspecified atom stereocenters. The summed E-state index contributed by atoms with van der Waals surface area (Å²) in [5, 5.41) is 18.5. The van der Waals surface area contributed by atoms with E-state index in [-0.39, 0.29) is 17.8 Å². The molecule has 2 rings (SSSR count). The van der Waals surface area contributed by atoms with Crippen molar-refractivity contribution in [3.63, 3.8) is 0 Å². The predicted octanol–water partition coefficient (Wildman–Crippen LogP) is 2.79. The minimum atomic E-state index is -0.849. The van der Waals surface area contributed by atoms with Crippen LogP contribution in [0, 0.1) is 29.6 Å². The third-order valence-electron chi connectivity index (χ3n) is 4.91. The molecule has 0 aliphatic heterocycles. The predicted molar refractivity (Wildman–Crippen MR) is 70.6 cm³/mol. The first-order chi connectivity index (χ1) is 8.91. The van der Waals surface area contributed by atoms with E-state index in [2.05, 4.69) is 13.8 Å². The second-order valence-corrected chi connectivity index (χ2v) is 6.21. The minimum absolute atomic E-state index is 0.113. The lowest BCUT2D eigenvalue weighted by atomic mass is 9.60. The molecule has 0 saturated heterocycles. The van der Waals surface area contributed by atoms with Gasteiger partial charge in [0.15, 0.2) is 0 Å². The van der Waals surface area contributed by atoms with Crippen molar-refractivity contribution in [2.45, 2.75) is 39.5 Å². The highest BCUT2D eigenvalue weighted by molar-refractivity contribution is 5.86. The SMILES string of the molecule is CC(C)C1CCC(C(=O)O)C2CCC(C(=O)O)=CC12. The van der Waals surface area contributed by atoms with Crippen LogP contribution in [-0.2, 0) is 9.59 Å². The Morgan fingerprint density at radius 2 is 1.89 bits per heavy atom. The number of aliphatic carboxylic acids is 2. The topological polar surface area (TPSA) is 74.6 Å². The Bertz CT molecular complexity index is 410. The molecule has 0 bridgehead atoms. The molecule has 0 radical (unpaired) electrons. The maximum Gasteiger partial charge on any atom is 0.331 e. The summed E-state index contributed by atoms with van der Waals surface area (Å²) in [6.07, 6.45) is 4.68. The molecule has 4 atom stereocenters. The van der Waals surface area contributed by atoms with Gasteiger partial charge in [0.05, 0.1) is 5.92 Å². The maximum atomic E-state index is 11.4. The second kappa shape index (κ2) is 5.35. The molecule has 19 heavy (non-hydrogen) atoms. The average Bonchev–Trinajstić information content (AvgIpc) is 2.36. The van der Waals surface area contributed by atoms with Crippen LogP contribution in [0.4, 0.5) is 0 Å². The standard InChI is InChI=1S/C15H22O4/c1-8(2)10-5-6-12(15(18)19)11-4-3-9(14(16)17)7-13(10)11/h7-8,10-13H,3-6H2,1-2H3,(H,16,17)(H,18,19). The van der Waals surface area contributed by atoms with Gasteiger partial charge in [-0.3, -0.25) is 4.79 Å². The molecule has 2 aliphatic carbocycles. The largest absolute Gasteiger partial charge is 0.481 e. The van der Waals surface area contributed by atoms with Crippen LogP contribution in [-0.4, -0.2) is 22.2 Å². The first-order valence-electron chi connectivity index (χ1n) is 7.08. The van der Waals surface area contributed by atoms with Crippen molar-refractivity contribution >= 4 is 11.9 Å². The van der Waals surface area contributed by atoms with E-state index in [9.17, 15) is 14.7 Å². The number of carbonyl (C=O) groups is 2. The van der Waals surface area contributed by atoms with Crippen LogP contribution in [0.25, 0.3) is 0 Å². The van der Waals surface area contributed by atoms with Crippen molar-refractivity contribution in [1.29, 1.82) is 0 Å². The van der Waals surface area contributed by atoms with E-state index < -0.39 is 11.9 Å². The van der Waals surface area contributed by atoms with Crippen molar-refractivity contribution in [2.75, 3.05) is 0 Å². The Kier molecular flexibility index (Phi) is 3.97. The molecule has 1 fully saturated rings. The summed E-state index contributed by atoms with van der Waals surface area (Å²) >= 11 is 0. The molecule has 4 nitrogen and oxygen atoms in total. The Labute approximate surface area is 113 Å². The van der Waals surface area contributed by atoms with Crippen LogP contribution in [0.3, 0.4) is 0 Å². The fraction of sp³-hybridized carbons (Fsp3) is 0.733. The summed E-state index contributed by atoms with van der Waals surface area (Å²) in [7, 11) is 0. The molecule has 0 heterocycles. The van der Waals surface area contributed by atoms with Crippen molar-refractivity contribution in [3.8, 4) is 0 Å². The Morgan fingerprint density at radius 3 is 2.42 bits per heavy atom. The molecule has 0 aromatic carbocycles. The second-order valence-electron chi connectivity index (χ2n) is 6.21. The summed E-state index contributed by atoms with van der Waals surface area (Å²) in [5.41, 5.74) is 0.470. The zero-order valence-corrected chi connectivity index (χ0v) is 11.5. The van der Waals surface area contributed by atoms with E-state index in [4.69, 9.17) is 5.11 Å². The number of fused-ring (bicyclic) bond motifs is 1. The number of carboxylic acid groups (broad SMARTS) is 2. The number of hydrogen-bond donors (Lipinski definition) is 2. The van der Waals surface area contributed by atoms with E-state index >= 15 is 0 Å². The van der Waals surface area contributed by atoms with Crippen molar-refractivity contribution in [3.05, 3.63) is 11.6 Å². The Hall–Kier alpha value is -1.32. The summed E-state index contributed by atoms with van der Waals surface area (Å²) in [6, 6.07) is 0. The number of rotatable bonds is 3. The van der Waals surface area contributed by atoms with Crippen LogP contribution in [0.2, 0.25) is 0 Å². The minimum Gasteiger partial charge on any atom is -0.481 e. The lowest BCUT2D eigenvalue weighted by Gasteiger charge is -2.44. The lowest BCUT2D eigenvalue weighted by molar-refractivity contribution is -0.147. The summed E-state index contributed by atoms with van der Waals surface area (Å²) in [5.74, 6) is -0.757. The van der Waals surface area contributed by atoms with Gasteiger partial charge in [0.2, 0.25) is 0 Å². The first kappa shape index (κ1) is 14.1. The van der Waals surface area contributed by atoms with Crippen molar-refractivity contribution in [1.82, 2.24) is 0 Å². The number of allylic oxidation sites excluding steroid dienone is 1. The number of hydrogen-bond acceptors (Lipinski definition) is 2. The monoisotopic (exact) mass is 266 g/mol. The molecular weight excluding hydrogens is 244 g/mol. The molecule has 2 aliphatic rings. The van der Waals surface area contributed by atoms with Gasteiger partial charge in [0.1, 0.15) is 0 Å². The third-order valence-corrected chi connectivity index (χ3v) is 4.91. The van der Waals surface area contributed by atoms with E-state index in [1.54, 1.807) is 0 Å². The van der Waals surface area contributed by atoms with Crippen LogP contribution in [0.15, 0.2) is 11.6 Å². The van der Waals surface area contributed by atoms with E-state index in [0.29, 0.717) is 30.3 Å². The highest BCUT2D eigenvalue weighted by Crippen LogP contribution is 2.48. The average molecular weight is 266 g/mol. The van der Waals surface area contributed by atoms with Gasteiger partial charge >= 0.3 is 11.9 Å². The van der Waals surface area contributed by atoms with Gasteiger partial charge < -0.3 is 10.2 Å². The van der Waals surface area contributed by atoms with Gasteiger partial charge in [-0.05, 0) is 49.4 Å². The molecule has 4 heteroatoms. The smallest absolute Gasteiger partial charge is 0.331 e. The normalized spacial score (nSPS) is 34.6. The molecule has 1 saturated carbocycles. The number of carboxylic acids is 2. The molecule has 0 amide bonds. The first-order valence-corrected chi connectivity index (χ1v) is 7.08. The highest BCUT2D eigenvalue weighted by Gasteiger charge is 2.44. The van der Waals surface area contributed by atoms with Gasteiger partial charge in [-0.25, -0.2) is 4.79 Å². The Morgan fingerprint density at radius 1 is 1.21 bits per heavy atom. The van der Waals surface area contributed by atoms with Crippen LogP contribution >= 0.6 is 0 Å². The van der Waals surface area contributed by atoms with Crippen molar-refractivity contribution < 1.29 is 19.8 Å². The quantitative estimate of drug-likeness (QED) is 0.823. The molecule has 0 spiro atoms. The fourth-order valence-electron chi connectivity index (χ4n) is 3.91. The maximum absolute atomic E-state index is 11.4. The van der Waals surface area contributed by atoms with Crippen LogP contribution < -0.4 is 0 Å². The zero-order chi connectivity index (χ0) is 14.2. The summed E-state index contributed by atoms with van der Waals surface area (Å²) in [6.45, 7) is 4.29. The summed E-state index contributed by atoms with van der Waals surface area (Å²) in [4.78, 5) is 22.5. The fourth-order valence-corrected chi connectivity index (χ4v) is 3.91. The lowest BCUT2D eigenvalue weighted by Crippen LogP contribution is -2.41. The van der Waals surface area contributed by atoms with E-state index in [0.717, 1.165) is 12.8 Å². The van der Waals surface area contributed by atoms with Gasteiger partial charge in [0, 0.05) is 5.57 Å². The molecule has 2 N–H and O–H groups in total. The summed E-state index contributed by atoms with van der Waals surface area (Å²) < 4.78 is 0. The van der Waals surface area contributed by atoms with Crippen molar-refractivity contribution in [2.24, 2.45) is 29.6 Å². The van der Waals surface area contributed by atoms with Crippen LogP contribution in [0.5, 0.6) is 0 Å². The molecule has 0 aromatic rings. The van der Waals surface area contributed by atoms with Gasteiger partial charge in [0.25, 0.3) is 0 Å².